The third kappa shape index (κ3) is 4.04. The smallest absolute Gasteiger partial charge is 0.271 e. The minimum Gasteiger partial charge on any atom is -0.354 e. The van der Waals surface area contributed by atoms with Crippen molar-refractivity contribution in [2.24, 2.45) is 0 Å². The average molecular weight is 369 g/mol. The summed E-state index contributed by atoms with van der Waals surface area (Å²) in [6.45, 7) is 0. The second kappa shape index (κ2) is 6.93. The van der Waals surface area contributed by atoms with E-state index in [4.69, 9.17) is 0 Å². The summed E-state index contributed by atoms with van der Waals surface area (Å²) < 4.78 is 23.1. The molecule has 0 aliphatic heterocycles. The number of non-ortho nitro benzene ring substituents is 1. The molecule has 0 amide bonds. The van der Waals surface area contributed by atoms with Crippen molar-refractivity contribution in [2.75, 3.05) is 11.6 Å². The van der Waals surface area contributed by atoms with Crippen molar-refractivity contribution < 1.29 is 13.3 Å². The van der Waals surface area contributed by atoms with Gasteiger partial charge in [-0.05, 0) is 29.8 Å². The number of pyridine rings is 1. The molecule has 0 aliphatic rings. The summed E-state index contributed by atoms with van der Waals surface area (Å²) >= 11 is 0. The number of nitrogens with one attached hydrogen (secondary N) is 1. The molecule has 2 aromatic carbocycles. The van der Waals surface area contributed by atoms with E-state index in [2.05, 4.69) is 10.3 Å². The van der Waals surface area contributed by atoms with Crippen LogP contribution >= 0.6 is 0 Å². The van der Waals surface area contributed by atoms with Crippen molar-refractivity contribution in [3.05, 3.63) is 77.1 Å². The molecule has 1 aromatic heterocycles. The monoisotopic (exact) mass is 369 g/mol. The van der Waals surface area contributed by atoms with Gasteiger partial charge in [-0.3, -0.25) is 15.1 Å². The van der Waals surface area contributed by atoms with Gasteiger partial charge >= 0.3 is 0 Å². The molecule has 0 unspecified atom stereocenters. The maximum absolute atomic E-state index is 11.5. The molecule has 3 aromatic rings. The van der Waals surface area contributed by atoms with Crippen molar-refractivity contribution in [1.29, 1.82) is 0 Å². The molecule has 0 saturated carbocycles. The Bertz CT molecular complexity index is 1060. The summed E-state index contributed by atoms with van der Waals surface area (Å²) in [7, 11) is -3.24. The van der Waals surface area contributed by atoms with Crippen molar-refractivity contribution in [3.8, 4) is 11.1 Å². The minimum atomic E-state index is -3.24. The molecule has 7 nitrogen and oxygen atoms in total. The van der Waals surface area contributed by atoms with Gasteiger partial charge < -0.3 is 5.32 Å². The van der Waals surface area contributed by atoms with Gasteiger partial charge in [0, 0.05) is 35.8 Å². The molecule has 0 saturated heterocycles. The summed E-state index contributed by atoms with van der Waals surface area (Å²) in [6, 6.07) is 14.5. The Hall–Kier alpha value is -3.26. The fourth-order valence-corrected chi connectivity index (χ4v) is 3.06. The van der Waals surface area contributed by atoms with Crippen LogP contribution in [0.4, 0.5) is 17.1 Å². The molecular formula is C18H15N3O4S. The van der Waals surface area contributed by atoms with E-state index in [1.807, 2.05) is 6.07 Å². The first-order valence-corrected chi connectivity index (χ1v) is 9.49. The Balaban J connectivity index is 1.87. The molecule has 3 rings (SSSR count). The Morgan fingerprint density at radius 2 is 1.69 bits per heavy atom. The van der Waals surface area contributed by atoms with Crippen LogP contribution in [0.3, 0.4) is 0 Å². The topological polar surface area (TPSA) is 102 Å². The van der Waals surface area contributed by atoms with Crippen molar-refractivity contribution in [1.82, 2.24) is 4.98 Å². The highest BCUT2D eigenvalue weighted by molar-refractivity contribution is 7.90. The van der Waals surface area contributed by atoms with Gasteiger partial charge in [0.05, 0.1) is 21.7 Å². The van der Waals surface area contributed by atoms with Crippen LogP contribution in [0.2, 0.25) is 0 Å². The van der Waals surface area contributed by atoms with Gasteiger partial charge in [-0.15, -0.1) is 0 Å². The summed E-state index contributed by atoms with van der Waals surface area (Å²) in [4.78, 5) is 14.8. The lowest BCUT2D eigenvalue weighted by atomic mass is 10.1. The number of benzene rings is 2. The number of nitro benzene ring substituents is 1. The zero-order chi connectivity index (χ0) is 18.7. The predicted octanol–water partition coefficient (Wildman–Crippen LogP) is 3.80. The van der Waals surface area contributed by atoms with E-state index in [0.717, 1.165) is 17.4 Å². The van der Waals surface area contributed by atoms with Crippen LogP contribution in [-0.4, -0.2) is 24.6 Å². The van der Waals surface area contributed by atoms with Crippen LogP contribution in [0.25, 0.3) is 11.1 Å². The van der Waals surface area contributed by atoms with Crippen LogP contribution in [0.1, 0.15) is 0 Å². The number of aromatic nitrogens is 1. The molecule has 1 heterocycles. The standard InChI is InChI=1S/C18H15N3O4S/c1-26(24,25)18-7-5-13(6-8-18)14-9-16(12-19-11-14)20-15-3-2-4-17(10-15)21(22)23/h2-12,20H,1H3. The van der Waals surface area contributed by atoms with Gasteiger partial charge in [0.2, 0.25) is 0 Å². The second-order valence-electron chi connectivity index (χ2n) is 5.69. The van der Waals surface area contributed by atoms with Crippen LogP contribution in [0, 0.1) is 10.1 Å². The number of rotatable bonds is 5. The van der Waals surface area contributed by atoms with Crippen molar-refractivity contribution in [2.45, 2.75) is 4.90 Å². The van der Waals surface area contributed by atoms with Crippen molar-refractivity contribution in [3.63, 3.8) is 0 Å². The van der Waals surface area contributed by atoms with Crippen molar-refractivity contribution >= 4 is 26.9 Å². The predicted molar refractivity (Wildman–Crippen MR) is 99.2 cm³/mol. The fraction of sp³-hybridized carbons (Fsp3) is 0.0556. The van der Waals surface area contributed by atoms with Crippen LogP contribution in [0.5, 0.6) is 0 Å². The molecule has 1 N–H and O–H groups in total. The van der Waals surface area contributed by atoms with E-state index in [1.165, 1.54) is 12.1 Å². The first-order chi connectivity index (χ1) is 12.3. The zero-order valence-electron chi connectivity index (χ0n) is 13.8. The lowest BCUT2D eigenvalue weighted by molar-refractivity contribution is -0.384. The van der Waals surface area contributed by atoms with Gasteiger partial charge in [0.1, 0.15) is 0 Å². The van der Waals surface area contributed by atoms with E-state index in [9.17, 15) is 18.5 Å². The largest absolute Gasteiger partial charge is 0.354 e. The quantitative estimate of drug-likeness (QED) is 0.542. The molecule has 0 aliphatic carbocycles. The Morgan fingerprint density at radius 3 is 2.35 bits per heavy atom. The number of anilines is 2. The SMILES string of the molecule is CS(=O)(=O)c1ccc(-c2cncc(Nc3cccc([N+](=O)[O-])c3)c2)cc1. The minimum absolute atomic E-state index is 0.00419. The summed E-state index contributed by atoms with van der Waals surface area (Å²) in [5.41, 5.74) is 2.84. The normalized spacial score (nSPS) is 11.1. The first-order valence-electron chi connectivity index (χ1n) is 7.60. The summed E-state index contributed by atoms with van der Waals surface area (Å²) in [6.07, 6.45) is 4.43. The molecule has 132 valence electrons. The highest BCUT2D eigenvalue weighted by Crippen LogP contribution is 2.26. The van der Waals surface area contributed by atoms with E-state index in [0.29, 0.717) is 11.4 Å². The van der Waals surface area contributed by atoms with Gasteiger partial charge in [-0.25, -0.2) is 8.42 Å². The van der Waals surface area contributed by atoms with Gasteiger partial charge in [0.15, 0.2) is 9.84 Å². The Morgan fingerprint density at radius 1 is 0.962 bits per heavy atom. The van der Waals surface area contributed by atoms with Crippen LogP contribution in [0.15, 0.2) is 71.9 Å². The number of nitrogens with zero attached hydrogens (tertiary/aromatic N) is 2. The summed E-state index contributed by atoms with van der Waals surface area (Å²) in [5, 5.41) is 13.9. The Kier molecular flexibility index (Phi) is 4.68. The molecule has 26 heavy (non-hydrogen) atoms. The molecule has 8 heteroatoms. The lowest BCUT2D eigenvalue weighted by Crippen LogP contribution is -1.96. The number of hydrogen-bond acceptors (Lipinski definition) is 6. The molecule has 0 atom stereocenters. The first kappa shape index (κ1) is 17.6. The van der Waals surface area contributed by atoms with Gasteiger partial charge in [-0.2, -0.15) is 0 Å². The van der Waals surface area contributed by atoms with Gasteiger partial charge in [-0.1, -0.05) is 18.2 Å². The number of hydrogen-bond donors (Lipinski definition) is 1. The van der Waals surface area contributed by atoms with E-state index >= 15 is 0 Å². The fourth-order valence-electron chi connectivity index (χ4n) is 2.42. The highest BCUT2D eigenvalue weighted by atomic mass is 32.2. The number of nitro groups is 1. The third-order valence-corrected chi connectivity index (χ3v) is 4.83. The summed E-state index contributed by atoms with van der Waals surface area (Å²) in [5.74, 6) is 0. The molecule has 0 spiro atoms. The molecule has 0 radical (unpaired) electrons. The van der Waals surface area contributed by atoms with Crippen LogP contribution < -0.4 is 5.32 Å². The average Bonchev–Trinajstić information content (AvgIpc) is 2.61. The van der Waals surface area contributed by atoms with E-state index < -0.39 is 14.8 Å². The highest BCUT2D eigenvalue weighted by Gasteiger charge is 2.09. The maximum atomic E-state index is 11.5. The lowest BCUT2D eigenvalue weighted by Gasteiger charge is -2.08. The van der Waals surface area contributed by atoms with Gasteiger partial charge in [0.25, 0.3) is 5.69 Å². The molecule has 0 bridgehead atoms. The van der Waals surface area contributed by atoms with E-state index in [1.54, 1.807) is 48.8 Å². The second-order valence-corrected chi connectivity index (χ2v) is 7.71. The third-order valence-electron chi connectivity index (χ3n) is 3.70. The molecule has 0 fully saturated rings. The molecular weight excluding hydrogens is 354 g/mol. The zero-order valence-corrected chi connectivity index (χ0v) is 14.6. The van der Waals surface area contributed by atoms with E-state index in [-0.39, 0.29) is 10.6 Å². The van der Waals surface area contributed by atoms with Crippen LogP contribution in [-0.2, 0) is 9.84 Å². The maximum Gasteiger partial charge on any atom is 0.271 e. The number of sulfone groups is 1. The Labute approximate surface area is 150 Å².